The SMILES string of the molecule is CCCCCCCCC(CCCCCCCC)OC(=O)CCCCCCCN(CCCCCO)CCCCCCO. The van der Waals surface area contributed by atoms with E-state index in [-0.39, 0.29) is 12.1 Å². The highest BCUT2D eigenvalue weighted by molar-refractivity contribution is 5.69. The summed E-state index contributed by atoms with van der Waals surface area (Å²) in [6.45, 7) is 8.56. The topological polar surface area (TPSA) is 70.0 Å². The quantitative estimate of drug-likeness (QED) is 0.0583. The van der Waals surface area contributed by atoms with E-state index in [0.717, 1.165) is 77.4 Å². The first-order valence-corrected chi connectivity index (χ1v) is 18.3. The lowest BCUT2D eigenvalue weighted by molar-refractivity contribution is -0.150. The van der Waals surface area contributed by atoms with Crippen LogP contribution in [0.15, 0.2) is 0 Å². The second-order valence-electron chi connectivity index (χ2n) is 12.5. The predicted molar refractivity (Wildman–Crippen MR) is 176 cm³/mol. The molecule has 0 saturated heterocycles. The van der Waals surface area contributed by atoms with E-state index in [9.17, 15) is 4.79 Å². The van der Waals surface area contributed by atoms with Gasteiger partial charge in [-0.3, -0.25) is 4.79 Å². The van der Waals surface area contributed by atoms with Crippen molar-refractivity contribution in [2.75, 3.05) is 32.8 Å². The molecular weight excluding hydrogens is 510 g/mol. The van der Waals surface area contributed by atoms with Crippen molar-refractivity contribution in [1.82, 2.24) is 4.90 Å². The minimum atomic E-state index is 0.0298. The van der Waals surface area contributed by atoms with Gasteiger partial charge in [-0.05, 0) is 90.3 Å². The number of ether oxygens (including phenoxy) is 1. The lowest BCUT2D eigenvalue weighted by Gasteiger charge is -2.22. The van der Waals surface area contributed by atoms with Crippen LogP contribution in [-0.4, -0.2) is 60.0 Å². The number of aliphatic hydroxyl groups is 2. The summed E-state index contributed by atoms with van der Waals surface area (Å²) in [4.78, 5) is 15.2. The normalized spacial score (nSPS) is 11.7. The summed E-state index contributed by atoms with van der Waals surface area (Å²) in [6.07, 6.45) is 31.6. The molecule has 0 aromatic heterocycles. The smallest absolute Gasteiger partial charge is 0.306 e. The summed E-state index contributed by atoms with van der Waals surface area (Å²) >= 11 is 0. The van der Waals surface area contributed by atoms with E-state index in [0.29, 0.717) is 19.6 Å². The van der Waals surface area contributed by atoms with Gasteiger partial charge in [0.1, 0.15) is 6.10 Å². The lowest BCUT2D eigenvalue weighted by atomic mass is 10.0. The Morgan fingerprint density at radius 1 is 0.512 bits per heavy atom. The number of unbranched alkanes of at least 4 members (excludes halogenated alkanes) is 19. The molecule has 0 saturated carbocycles. The third-order valence-electron chi connectivity index (χ3n) is 8.43. The summed E-state index contributed by atoms with van der Waals surface area (Å²) in [5.74, 6) is 0.0298. The Balaban J connectivity index is 4.17. The van der Waals surface area contributed by atoms with Crippen LogP contribution >= 0.6 is 0 Å². The van der Waals surface area contributed by atoms with Gasteiger partial charge in [0.05, 0.1) is 0 Å². The molecule has 0 aromatic rings. The largest absolute Gasteiger partial charge is 0.462 e. The van der Waals surface area contributed by atoms with Crippen LogP contribution in [0.25, 0.3) is 0 Å². The number of hydrogen-bond donors (Lipinski definition) is 2. The van der Waals surface area contributed by atoms with E-state index in [1.165, 1.54) is 109 Å². The molecule has 0 aliphatic rings. The molecule has 0 aromatic carbocycles. The van der Waals surface area contributed by atoms with E-state index >= 15 is 0 Å². The maximum absolute atomic E-state index is 12.6. The zero-order valence-electron chi connectivity index (χ0n) is 27.9. The van der Waals surface area contributed by atoms with Gasteiger partial charge in [0.25, 0.3) is 0 Å². The van der Waals surface area contributed by atoms with Crippen molar-refractivity contribution in [1.29, 1.82) is 0 Å². The molecule has 246 valence electrons. The average molecular weight is 584 g/mol. The molecule has 0 fully saturated rings. The molecular formula is C36H73NO4. The van der Waals surface area contributed by atoms with Gasteiger partial charge in [-0.2, -0.15) is 0 Å². The van der Waals surface area contributed by atoms with Crippen LogP contribution in [-0.2, 0) is 9.53 Å². The Labute approximate surface area is 256 Å². The van der Waals surface area contributed by atoms with Gasteiger partial charge in [0, 0.05) is 19.6 Å². The molecule has 0 spiro atoms. The Morgan fingerprint density at radius 3 is 1.34 bits per heavy atom. The van der Waals surface area contributed by atoms with Crippen LogP contribution in [0.1, 0.15) is 187 Å². The third kappa shape index (κ3) is 30.6. The van der Waals surface area contributed by atoms with Gasteiger partial charge in [-0.25, -0.2) is 0 Å². The van der Waals surface area contributed by atoms with Crippen LogP contribution in [0.4, 0.5) is 0 Å². The molecule has 5 heteroatoms. The van der Waals surface area contributed by atoms with Crippen molar-refractivity contribution in [2.24, 2.45) is 0 Å². The van der Waals surface area contributed by atoms with Crippen LogP contribution in [0, 0.1) is 0 Å². The first-order valence-electron chi connectivity index (χ1n) is 18.3. The van der Waals surface area contributed by atoms with E-state index < -0.39 is 0 Å². The van der Waals surface area contributed by atoms with Crippen LogP contribution in [0.5, 0.6) is 0 Å². The summed E-state index contributed by atoms with van der Waals surface area (Å²) in [6, 6.07) is 0. The lowest BCUT2D eigenvalue weighted by Crippen LogP contribution is -2.27. The zero-order chi connectivity index (χ0) is 30.1. The van der Waals surface area contributed by atoms with Crippen molar-refractivity contribution in [2.45, 2.75) is 193 Å². The summed E-state index contributed by atoms with van der Waals surface area (Å²) < 4.78 is 6.01. The average Bonchev–Trinajstić information content (AvgIpc) is 2.97. The number of esters is 1. The van der Waals surface area contributed by atoms with Crippen molar-refractivity contribution in [3.8, 4) is 0 Å². The number of hydrogen-bond acceptors (Lipinski definition) is 5. The summed E-state index contributed by atoms with van der Waals surface area (Å²) in [5, 5.41) is 18.0. The molecule has 0 amide bonds. The molecule has 0 rings (SSSR count). The van der Waals surface area contributed by atoms with Gasteiger partial charge in [-0.15, -0.1) is 0 Å². The van der Waals surface area contributed by atoms with Gasteiger partial charge in [0.15, 0.2) is 0 Å². The van der Waals surface area contributed by atoms with Crippen molar-refractivity contribution >= 4 is 5.97 Å². The summed E-state index contributed by atoms with van der Waals surface area (Å²) in [7, 11) is 0. The molecule has 41 heavy (non-hydrogen) atoms. The minimum absolute atomic E-state index is 0.0298. The first-order chi connectivity index (χ1) is 20.2. The Bertz CT molecular complexity index is 500. The standard InChI is InChI=1S/C36H73NO4/c1-3-5-7-9-12-19-27-35(28-20-13-10-8-6-4-2)41-36(40)29-21-14-11-15-22-30-37(32-24-18-26-34-39)31-23-16-17-25-33-38/h35,38-39H,3-34H2,1-2H3. The van der Waals surface area contributed by atoms with E-state index in [1.54, 1.807) is 0 Å². The fraction of sp³-hybridized carbons (Fsp3) is 0.972. The highest BCUT2D eigenvalue weighted by atomic mass is 16.5. The number of carbonyl (C=O) groups excluding carboxylic acids is 1. The van der Waals surface area contributed by atoms with Crippen LogP contribution in [0.2, 0.25) is 0 Å². The van der Waals surface area contributed by atoms with Gasteiger partial charge in [0.2, 0.25) is 0 Å². The van der Waals surface area contributed by atoms with Crippen molar-refractivity contribution < 1.29 is 19.7 Å². The number of carbonyl (C=O) groups is 1. The van der Waals surface area contributed by atoms with Crippen molar-refractivity contribution in [3.63, 3.8) is 0 Å². The van der Waals surface area contributed by atoms with E-state index in [4.69, 9.17) is 14.9 Å². The fourth-order valence-electron chi connectivity index (χ4n) is 5.71. The highest BCUT2D eigenvalue weighted by Crippen LogP contribution is 2.18. The van der Waals surface area contributed by atoms with Gasteiger partial charge >= 0.3 is 5.97 Å². The summed E-state index contributed by atoms with van der Waals surface area (Å²) in [5.41, 5.74) is 0. The maximum Gasteiger partial charge on any atom is 0.306 e. The molecule has 0 bridgehead atoms. The molecule has 0 aliphatic heterocycles. The number of nitrogens with zero attached hydrogens (tertiary/aromatic N) is 1. The molecule has 0 aliphatic carbocycles. The molecule has 2 N–H and O–H groups in total. The van der Waals surface area contributed by atoms with Crippen LogP contribution in [0.3, 0.4) is 0 Å². The van der Waals surface area contributed by atoms with Crippen LogP contribution < -0.4 is 0 Å². The second kappa shape index (κ2) is 33.8. The number of rotatable bonds is 34. The highest BCUT2D eigenvalue weighted by Gasteiger charge is 2.14. The van der Waals surface area contributed by atoms with E-state index in [2.05, 4.69) is 18.7 Å². The Hall–Kier alpha value is -0.650. The molecule has 0 heterocycles. The van der Waals surface area contributed by atoms with Gasteiger partial charge < -0.3 is 19.8 Å². The first kappa shape index (κ1) is 40.4. The fourth-order valence-corrected chi connectivity index (χ4v) is 5.71. The van der Waals surface area contributed by atoms with Gasteiger partial charge in [-0.1, -0.05) is 110 Å². The second-order valence-corrected chi connectivity index (χ2v) is 12.5. The zero-order valence-corrected chi connectivity index (χ0v) is 27.9. The number of aliphatic hydroxyl groups excluding tert-OH is 2. The molecule has 0 atom stereocenters. The molecule has 0 unspecified atom stereocenters. The van der Waals surface area contributed by atoms with Crippen molar-refractivity contribution in [3.05, 3.63) is 0 Å². The third-order valence-corrected chi connectivity index (χ3v) is 8.43. The molecule has 0 radical (unpaired) electrons. The molecule has 5 nitrogen and oxygen atoms in total. The monoisotopic (exact) mass is 584 g/mol. The Morgan fingerprint density at radius 2 is 0.878 bits per heavy atom. The Kier molecular flexibility index (Phi) is 33.3. The minimum Gasteiger partial charge on any atom is -0.462 e. The maximum atomic E-state index is 12.6. The van der Waals surface area contributed by atoms with E-state index in [1.807, 2.05) is 0 Å². The predicted octanol–water partition coefficient (Wildman–Crippen LogP) is 9.76.